The molecular weight excluding hydrogens is 906 g/mol. The number of rotatable bonds is 56. The fraction of sp³-hybridized carbons (Fsp3) is 0.803. The summed E-state index contributed by atoms with van der Waals surface area (Å²) in [5.41, 5.74) is 5.38. The van der Waals surface area contributed by atoms with Crippen LogP contribution in [0.1, 0.15) is 284 Å². The monoisotopic (exact) mass is 1020 g/mol. The maximum absolute atomic E-state index is 12.7. The van der Waals surface area contributed by atoms with Gasteiger partial charge in [-0.25, -0.2) is 4.57 Å². The second-order valence-electron chi connectivity index (χ2n) is 19.8. The number of phosphoric ester groups is 1. The molecule has 3 N–H and O–H groups in total. The normalized spacial score (nSPS) is 13.5. The van der Waals surface area contributed by atoms with Gasteiger partial charge in [-0.15, -0.1) is 0 Å². The molecule has 0 radical (unpaired) electrons. The van der Waals surface area contributed by atoms with Crippen LogP contribution >= 0.6 is 7.82 Å². The van der Waals surface area contributed by atoms with Crippen molar-refractivity contribution < 1.29 is 37.6 Å². The van der Waals surface area contributed by atoms with Gasteiger partial charge >= 0.3 is 19.8 Å². The maximum Gasteiger partial charge on any atom is 0.472 e. The third-order valence-corrected chi connectivity index (χ3v) is 13.9. The molecule has 0 saturated carbocycles. The van der Waals surface area contributed by atoms with Gasteiger partial charge in [0.15, 0.2) is 6.10 Å². The van der Waals surface area contributed by atoms with Crippen molar-refractivity contribution in [2.45, 2.75) is 290 Å². The highest BCUT2D eigenvalue weighted by Gasteiger charge is 2.26. The Morgan fingerprint density at radius 1 is 0.437 bits per heavy atom. The molecule has 0 bridgehead atoms. The zero-order valence-corrected chi connectivity index (χ0v) is 47.1. The van der Waals surface area contributed by atoms with Crippen LogP contribution in [0.15, 0.2) is 60.8 Å². The van der Waals surface area contributed by atoms with Crippen LogP contribution in [0.25, 0.3) is 0 Å². The molecule has 0 fully saturated rings. The van der Waals surface area contributed by atoms with Crippen molar-refractivity contribution in [1.29, 1.82) is 0 Å². The molecule has 0 aliphatic heterocycles. The van der Waals surface area contributed by atoms with Crippen molar-refractivity contribution in [1.82, 2.24) is 0 Å². The van der Waals surface area contributed by atoms with Gasteiger partial charge in [0, 0.05) is 19.4 Å². The predicted molar refractivity (Wildman–Crippen MR) is 303 cm³/mol. The molecule has 0 saturated heterocycles. The highest BCUT2D eigenvalue weighted by molar-refractivity contribution is 7.47. The third-order valence-electron chi connectivity index (χ3n) is 12.9. The average molecular weight is 1020 g/mol. The smallest absolute Gasteiger partial charge is 0.462 e. The maximum atomic E-state index is 12.7. The summed E-state index contributed by atoms with van der Waals surface area (Å²) in [6, 6.07) is 0. The van der Waals surface area contributed by atoms with E-state index < -0.39 is 26.5 Å². The molecule has 10 heteroatoms. The number of ether oxygens (including phenoxy) is 2. The van der Waals surface area contributed by atoms with E-state index in [4.69, 9.17) is 24.3 Å². The van der Waals surface area contributed by atoms with Crippen molar-refractivity contribution in [2.75, 3.05) is 26.4 Å². The van der Waals surface area contributed by atoms with Crippen LogP contribution in [-0.2, 0) is 32.7 Å². The first kappa shape index (κ1) is 68.7. The zero-order valence-electron chi connectivity index (χ0n) is 46.2. The second-order valence-corrected chi connectivity index (χ2v) is 21.3. The number of unbranched alkanes of at least 4 members (excludes halogenated alkanes) is 33. The topological polar surface area (TPSA) is 134 Å². The standard InChI is InChI=1S/C61H112NO8P/c1-3-5-7-9-11-13-15-17-19-21-22-23-24-25-26-27-28-29-30-31-32-33-34-35-36-38-40-42-44-46-48-50-52-54-61(64)70-59(58-69-71(65,66)68-56-55-62)57-67-60(63)53-51-49-47-45-43-41-39-37-20-18-16-14-12-10-8-6-4-2/h5,7,11,13,17-20,22-23,59H,3-4,6,8-10,12,14-16,21,24-58,62H2,1-2H3,(H,65,66)/b7-5-,13-11-,19-17-,20-18-,23-22-. The average Bonchev–Trinajstić information content (AvgIpc) is 3.36. The van der Waals surface area contributed by atoms with Crippen LogP contribution in [0.2, 0.25) is 0 Å². The molecule has 0 aromatic heterocycles. The fourth-order valence-electron chi connectivity index (χ4n) is 8.51. The lowest BCUT2D eigenvalue weighted by atomic mass is 10.0. The minimum absolute atomic E-state index is 0.0532. The molecular formula is C61H112NO8P. The lowest BCUT2D eigenvalue weighted by molar-refractivity contribution is -0.161. The molecule has 0 spiro atoms. The number of hydrogen-bond acceptors (Lipinski definition) is 8. The molecule has 0 aromatic carbocycles. The van der Waals surface area contributed by atoms with Gasteiger partial charge in [-0.3, -0.25) is 18.6 Å². The summed E-state index contributed by atoms with van der Waals surface area (Å²) in [6.07, 6.45) is 71.5. The van der Waals surface area contributed by atoms with Crippen molar-refractivity contribution in [3.63, 3.8) is 0 Å². The molecule has 414 valence electrons. The van der Waals surface area contributed by atoms with Crippen LogP contribution in [-0.4, -0.2) is 49.3 Å². The lowest BCUT2D eigenvalue weighted by Crippen LogP contribution is -2.29. The SMILES string of the molecule is CC/C=C\C/C=C\C/C=C\C/C=C\CCCCCCCCCCCCCCCCCCCCCCC(=O)OC(COC(=O)CCCCCCCCC/C=C\CCCCCCCC)COP(=O)(O)OCCN. The fourth-order valence-corrected chi connectivity index (χ4v) is 9.27. The van der Waals surface area contributed by atoms with Gasteiger partial charge in [-0.2, -0.15) is 0 Å². The van der Waals surface area contributed by atoms with Crippen molar-refractivity contribution in [3.05, 3.63) is 60.8 Å². The minimum Gasteiger partial charge on any atom is -0.462 e. The number of allylic oxidation sites excluding steroid dienone is 10. The Balaban J connectivity index is 3.87. The molecule has 0 heterocycles. The summed E-state index contributed by atoms with van der Waals surface area (Å²) in [4.78, 5) is 35.2. The van der Waals surface area contributed by atoms with Gasteiger partial charge in [0.05, 0.1) is 13.2 Å². The number of carbonyl (C=O) groups excluding carboxylic acids is 2. The molecule has 9 nitrogen and oxygen atoms in total. The van der Waals surface area contributed by atoms with Gasteiger partial charge in [0.2, 0.25) is 0 Å². The molecule has 0 aliphatic rings. The molecule has 0 rings (SSSR count). The zero-order chi connectivity index (χ0) is 51.7. The van der Waals surface area contributed by atoms with Crippen LogP contribution < -0.4 is 5.73 Å². The Labute approximate surface area is 438 Å². The largest absolute Gasteiger partial charge is 0.472 e. The van der Waals surface area contributed by atoms with E-state index in [1.165, 1.54) is 180 Å². The van der Waals surface area contributed by atoms with E-state index in [-0.39, 0.29) is 38.6 Å². The first-order chi connectivity index (χ1) is 34.8. The summed E-state index contributed by atoms with van der Waals surface area (Å²) < 4.78 is 33.0. The van der Waals surface area contributed by atoms with Gasteiger partial charge in [0.25, 0.3) is 0 Å². The summed E-state index contributed by atoms with van der Waals surface area (Å²) in [6.45, 7) is 3.66. The Bertz CT molecular complexity index is 1350. The summed E-state index contributed by atoms with van der Waals surface area (Å²) >= 11 is 0. The number of hydrogen-bond donors (Lipinski definition) is 2. The minimum atomic E-state index is -4.39. The number of esters is 2. The van der Waals surface area contributed by atoms with Gasteiger partial charge < -0.3 is 20.1 Å². The number of carbonyl (C=O) groups is 2. The lowest BCUT2D eigenvalue weighted by Gasteiger charge is -2.19. The van der Waals surface area contributed by atoms with Gasteiger partial charge in [-0.05, 0) is 77.0 Å². The molecule has 0 aromatic rings. The van der Waals surface area contributed by atoms with E-state index in [1.807, 2.05) is 0 Å². The Kier molecular flexibility index (Phi) is 55.2. The van der Waals surface area contributed by atoms with Crippen molar-refractivity contribution in [3.8, 4) is 0 Å². The molecule has 2 unspecified atom stereocenters. The van der Waals surface area contributed by atoms with E-state index in [9.17, 15) is 19.0 Å². The van der Waals surface area contributed by atoms with Crippen LogP contribution in [0.3, 0.4) is 0 Å². The number of nitrogens with two attached hydrogens (primary N) is 1. The highest BCUT2D eigenvalue weighted by Crippen LogP contribution is 2.43. The van der Waals surface area contributed by atoms with Crippen molar-refractivity contribution >= 4 is 19.8 Å². The predicted octanol–water partition coefficient (Wildman–Crippen LogP) is 18.7. The Morgan fingerprint density at radius 2 is 0.775 bits per heavy atom. The highest BCUT2D eigenvalue weighted by atomic mass is 31.2. The van der Waals surface area contributed by atoms with E-state index in [1.54, 1.807) is 0 Å². The van der Waals surface area contributed by atoms with Gasteiger partial charge in [-0.1, -0.05) is 254 Å². The van der Waals surface area contributed by atoms with E-state index in [0.717, 1.165) is 70.6 Å². The molecule has 0 amide bonds. The van der Waals surface area contributed by atoms with E-state index >= 15 is 0 Å². The summed E-state index contributed by atoms with van der Waals surface area (Å²) in [7, 11) is -4.39. The van der Waals surface area contributed by atoms with Crippen LogP contribution in [0.5, 0.6) is 0 Å². The molecule has 71 heavy (non-hydrogen) atoms. The first-order valence-electron chi connectivity index (χ1n) is 29.8. The van der Waals surface area contributed by atoms with E-state index in [2.05, 4.69) is 74.6 Å². The Morgan fingerprint density at radius 3 is 1.17 bits per heavy atom. The first-order valence-corrected chi connectivity index (χ1v) is 31.3. The van der Waals surface area contributed by atoms with E-state index in [0.29, 0.717) is 6.42 Å². The Hall–Kier alpha value is -2.29. The summed E-state index contributed by atoms with van der Waals surface area (Å²) in [5.74, 6) is -0.821. The van der Waals surface area contributed by atoms with Crippen LogP contribution in [0.4, 0.5) is 0 Å². The van der Waals surface area contributed by atoms with Gasteiger partial charge in [0.1, 0.15) is 6.61 Å². The quantitative estimate of drug-likeness (QED) is 0.0264. The third kappa shape index (κ3) is 56.9. The van der Waals surface area contributed by atoms with Crippen LogP contribution in [0, 0.1) is 0 Å². The van der Waals surface area contributed by atoms with Crippen molar-refractivity contribution in [2.24, 2.45) is 5.73 Å². The number of phosphoric acid groups is 1. The second kappa shape index (κ2) is 57.0. The molecule has 2 atom stereocenters. The summed E-state index contributed by atoms with van der Waals surface area (Å²) in [5, 5.41) is 0. The molecule has 0 aliphatic carbocycles.